The summed E-state index contributed by atoms with van der Waals surface area (Å²) >= 11 is 0. The van der Waals surface area contributed by atoms with Gasteiger partial charge in [-0.15, -0.1) is 0 Å². The van der Waals surface area contributed by atoms with Crippen molar-refractivity contribution in [3.8, 4) is 0 Å². The van der Waals surface area contributed by atoms with Gasteiger partial charge in [0.05, 0.1) is 6.54 Å². The quantitative estimate of drug-likeness (QED) is 0.378. The minimum absolute atomic E-state index is 0.0873. The Kier molecular flexibility index (Phi) is 2.67. The second kappa shape index (κ2) is 3.74. The summed E-state index contributed by atoms with van der Waals surface area (Å²) in [7, 11) is 0. The van der Waals surface area contributed by atoms with Gasteiger partial charge >= 0.3 is 17.7 Å². The molecule has 0 radical (unpaired) electrons. The summed E-state index contributed by atoms with van der Waals surface area (Å²) in [5.41, 5.74) is -0.566. The van der Waals surface area contributed by atoms with E-state index in [9.17, 15) is 9.59 Å². The average Bonchev–Trinajstić information content (AvgIpc) is 2.51. The Bertz CT molecular complexity index is 350. The van der Waals surface area contributed by atoms with E-state index in [0.717, 1.165) is 4.90 Å². The second-order valence-electron chi connectivity index (χ2n) is 2.61. The van der Waals surface area contributed by atoms with Crippen LogP contribution in [0.25, 0.3) is 4.98 Å². The third kappa shape index (κ3) is 1.64. The molecule has 1 N–H and O–H groups in total. The van der Waals surface area contributed by atoms with Gasteiger partial charge in [0.1, 0.15) is 6.61 Å². The molecule has 1 saturated heterocycles. The molecule has 0 saturated carbocycles. The molecule has 1 fully saturated rings. The molecule has 0 atom stereocenters. The minimum atomic E-state index is -0.880. The molecule has 1 aliphatic rings. The second-order valence-corrected chi connectivity index (χ2v) is 2.61. The van der Waals surface area contributed by atoms with Crippen LogP contribution in [0.15, 0.2) is 11.5 Å². The van der Waals surface area contributed by atoms with Crippen LogP contribution in [0.3, 0.4) is 0 Å². The number of aliphatic hydroxyl groups is 1. The van der Waals surface area contributed by atoms with E-state index >= 15 is 0 Å². The van der Waals surface area contributed by atoms with Gasteiger partial charge in [-0.3, -0.25) is 4.79 Å². The Morgan fingerprint density at radius 2 is 2.36 bits per heavy atom. The van der Waals surface area contributed by atoms with Crippen molar-refractivity contribution in [1.29, 1.82) is 5.39 Å². The van der Waals surface area contributed by atoms with Crippen molar-refractivity contribution < 1.29 is 19.4 Å². The van der Waals surface area contributed by atoms with Gasteiger partial charge in [0.2, 0.25) is 5.39 Å². The van der Waals surface area contributed by atoms with Crippen molar-refractivity contribution in [2.45, 2.75) is 6.92 Å². The Hall–Kier alpha value is -2.10. The molecular weight excluding hydrogens is 190 g/mol. The van der Waals surface area contributed by atoms with Gasteiger partial charge in [0.25, 0.3) is 0 Å². The van der Waals surface area contributed by atoms with Crippen LogP contribution >= 0.6 is 0 Å². The molecule has 0 unspecified atom stereocenters. The lowest BCUT2D eigenvalue weighted by Crippen LogP contribution is -2.32. The van der Waals surface area contributed by atoms with Crippen LogP contribution in [0, 0.1) is 5.39 Å². The van der Waals surface area contributed by atoms with Gasteiger partial charge in [-0.2, -0.15) is 0 Å². The molecular formula is C7H8N3O4+. The number of carbonyl (C=O) groups excluding carboxylic acids is 2. The Balaban J connectivity index is 2.91. The number of rotatable bonds is 1. The highest BCUT2D eigenvalue weighted by atomic mass is 16.6. The first-order valence-electron chi connectivity index (χ1n) is 3.81. The summed E-state index contributed by atoms with van der Waals surface area (Å²) in [5, 5.41) is 17.4. The number of allylic oxidation sites excluding steroid dienone is 1. The zero-order chi connectivity index (χ0) is 10.7. The van der Waals surface area contributed by atoms with Crippen molar-refractivity contribution in [2.24, 2.45) is 0 Å². The first kappa shape index (κ1) is 9.98. The monoisotopic (exact) mass is 198 g/mol. The predicted octanol–water partition coefficient (Wildman–Crippen LogP) is 0.608. The standard InChI is InChI=1S/C7H7N3O4/c1-4(11)5(9-8)6(12)10-2-3-14-7(10)13/h2-3H2,1H3/p+1. The molecule has 0 bridgehead atoms. The van der Waals surface area contributed by atoms with Crippen molar-refractivity contribution in [2.75, 3.05) is 13.2 Å². The third-order valence-corrected chi connectivity index (χ3v) is 1.65. The third-order valence-electron chi connectivity index (χ3n) is 1.65. The topological polar surface area (TPSA) is 95.0 Å². The molecule has 14 heavy (non-hydrogen) atoms. The summed E-state index contributed by atoms with van der Waals surface area (Å²) in [6.45, 7) is 1.37. The van der Waals surface area contributed by atoms with E-state index in [-0.39, 0.29) is 13.2 Å². The van der Waals surface area contributed by atoms with Gasteiger partial charge in [-0.1, -0.05) is 0 Å². The largest absolute Gasteiger partial charge is 0.505 e. The van der Waals surface area contributed by atoms with Crippen molar-refractivity contribution in [1.82, 2.24) is 4.90 Å². The van der Waals surface area contributed by atoms with Crippen molar-refractivity contribution in [3.05, 3.63) is 16.4 Å². The van der Waals surface area contributed by atoms with Crippen LogP contribution < -0.4 is 0 Å². The van der Waals surface area contributed by atoms with Crippen LogP contribution in [-0.2, 0) is 9.53 Å². The highest BCUT2D eigenvalue weighted by molar-refractivity contribution is 6.04. The lowest BCUT2D eigenvalue weighted by atomic mass is 10.3. The number of carbonyl (C=O) groups is 2. The van der Waals surface area contributed by atoms with E-state index in [1.807, 2.05) is 0 Å². The molecule has 7 nitrogen and oxygen atoms in total. The summed E-state index contributed by atoms with van der Waals surface area (Å²) in [5.74, 6) is -1.34. The highest BCUT2D eigenvalue weighted by Gasteiger charge is 2.38. The minimum Gasteiger partial charge on any atom is -0.505 e. The van der Waals surface area contributed by atoms with Crippen LogP contribution in [-0.4, -0.2) is 35.2 Å². The fourth-order valence-corrected chi connectivity index (χ4v) is 0.976. The Morgan fingerprint density at radius 3 is 2.71 bits per heavy atom. The fraction of sp³-hybridized carbons (Fsp3) is 0.429. The number of cyclic esters (lactones) is 1. The SMILES string of the molecule is C/C(O)=C(/[N+]#N)C(=O)N1CCOC1=O. The van der Waals surface area contributed by atoms with E-state index < -0.39 is 23.5 Å². The van der Waals surface area contributed by atoms with E-state index in [0.29, 0.717) is 0 Å². The molecule has 0 aromatic rings. The van der Waals surface area contributed by atoms with Crippen molar-refractivity contribution >= 4 is 12.0 Å². The Morgan fingerprint density at radius 1 is 1.71 bits per heavy atom. The van der Waals surface area contributed by atoms with Crippen LogP contribution in [0.2, 0.25) is 0 Å². The number of nitrogens with zero attached hydrogens (tertiary/aromatic N) is 3. The smallest absolute Gasteiger partial charge is 0.485 e. The lowest BCUT2D eigenvalue weighted by Gasteiger charge is -2.04. The maximum atomic E-state index is 11.4. The first-order chi connectivity index (χ1) is 6.57. The molecule has 2 amide bonds. The van der Waals surface area contributed by atoms with Gasteiger partial charge < -0.3 is 9.84 Å². The molecule has 0 aromatic heterocycles. The number of diazo groups is 1. The number of hydrogen-bond acceptors (Lipinski definition) is 5. The normalized spacial score (nSPS) is 17.1. The number of aliphatic hydroxyl groups excluding tert-OH is 1. The number of imide groups is 1. The van der Waals surface area contributed by atoms with Gasteiger partial charge in [-0.05, 0) is 0 Å². The maximum absolute atomic E-state index is 11.4. The molecule has 1 rings (SSSR count). The zero-order valence-electron chi connectivity index (χ0n) is 7.43. The summed E-state index contributed by atoms with van der Waals surface area (Å²) in [6, 6.07) is 0. The number of hydrogen-bond donors (Lipinski definition) is 1. The summed E-state index contributed by atoms with van der Waals surface area (Å²) in [6.07, 6.45) is -0.808. The highest BCUT2D eigenvalue weighted by Crippen LogP contribution is 2.12. The van der Waals surface area contributed by atoms with Gasteiger partial charge in [0, 0.05) is 6.92 Å². The fourth-order valence-electron chi connectivity index (χ4n) is 0.976. The Labute approximate surface area is 79.2 Å². The van der Waals surface area contributed by atoms with Crippen LogP contribution in [0.5, 0.6) is 0 Å². The van der Waals surface area contributed by atoms with Gasteiger partial charge in [0.15, 0.2) is 10.7 Å². The molecule has 74 valence electrons. The van der Waals surface area contributed by atoms with E-state index in [1.54, 1.807) is 0 Å². The lowest BCUT2D eigenvalue weighted by molar-refractivity contribution is -0.123. The molecule has 0 aromatic carbocycles. The summed E-state index contributed by atoms with van der Waals surface area (Å²) < 4.78 is 4.50. The van der Waals surface area contributed by atoms with Crippen LogP contribution in [0.4, 0.5) is 4.79 Å². The van der Waals surface area contributed by atoms with Crippen molar-refractivity contribution in [3.63, 3.8) is 0 Å². The predicted molar refractivity (Wildman–Crippen MR) is 43.5 cm³/mol. The summed E-state index contributed by atoms with van der Waals surface area (Å²) in [4.78, 5) is 25.6. The number of ether oxygens (including phenoxy) is 1. The molecule has 1 heterocycles. The van der Waals surface area contributed by atoms with Gasteiger partial charge in [-0.25, -0.2) is 9.69 Å². The molecule has 0 aliphatic carbocycles. The van der Waals surface area contributed by atoms with E-state index in [1.165, 1.54) is 6.92 Å². The van der Waals surface area contributed by atoms with Crippen LogP contribution in [0.1, 0.15) is 6.92 Å². The number of amides is 2. The zero-order valence-corrected chi connectivity index (χ0v) is 7.43. The maximum Gasteiger partial charge on any atom is 0.485 e. The van der Waals surface area contributed by atoms with E-state index in [2.05, 4.69) is 9.71 Å². The molecule has 7 heteroatoms. The molecule has 1 aliphatic heterocycles. The first-order valence-corrected chi connectivity index (χ1v) is 3.81. The average molecular weight is 198 g/mol. The molecule has 0 spiro atoms. The van der Waals surface area contributed by atoms with E-state index in [4.69, 9.17) is 10.5 Å².